The number of aromatic carboxylic acids is 1. The van der Waals surface area contributed by atoms with Crippen LogP contribution in [0.2, 0.25) is 0 Å². The maximum atomic E-state index is 12.1. The van der Waals surface area contributed by atoms with Crippen LogP contribution < -0.4 is 0 Å². The second-order valence-corrected chi connectivity index (χ2v) is 5.36. The maximum absolute atomic E-state index is 12.1. The first-order valence-electron chi connectivity index (χ1n) is 7.30. The van der Waals surface area contributed by atoms with Gasteiger partial charge in [0, 0.05) is 12.7 Å². The molecule has 0 spiro atoms. The van der Waals surface area contributed by atoms with Gasteiger partial charge in [-0.05, 0) is 29.2 Å². The summed E-state index contributed by atoms with van der Waals surface area (Å²) in [4.78, 5) is 28.6. The van der Waals surface area contributed by atoms with Crippen molar-refractivity contribution >= 4 is 12.1 Å². The number of carboxylic acids is 1. The van der Waals surface area contributed by atoms with Crippen LogP contribution in [0.3, 0.4) is 0 Å². The van der Waals surface area contributed by atoms with Crippen molar-refractivity contribution in [3.05, 3.63) is 65.0 Å². The molecule has 0 radical (unpaired) electrons. The van der Waals surface area contributed by atoms with Gasteiger partial charge in [-0.25, -0.2) is 14.6 Å². The molecular formula is C17H16N2O4. The Morgan fingerprint density at radius 1 is 1.22 bits per heavy atom. The number of hydrogen-bond donors (Lipinski definition) is 1. The van der Waals surface area contributed by atoms with Gasteiger partial charge in [-0.1, -0.05) is 30.3 Å². The average Bonchev–Trinajstić information content (AvgIpc) is 2.59. The first kappa shape index (κ1) is 15.0. The maximum Gasteiger partial charge on any atom is 0.410 e. The zero-order chi connectivity index (χ0) is 16.2. The highest BCUT2D eigenvalue weighted by Crippen LogP contribution is 2.20. The summed E-state index contributed by atoms with van der Waals surface area (Å²) in [6.07, 6.45) is 1.75. The van der Waals surface area contributed by atoms with Crippen molar-refractivity contribution in [3.63, 3.8) is 0 Å². The van der Waals surface area contributed by atoms with Crippen LogP contribution in [0.1, 0.15) is 27.2 Å². The van der Waals surface area contributed by atoms with Gasteiger partial charge in [0.15, 0.2) is 0 Å². The second kappa shape index (κ2) is 6.48. The van der Waals surface area contributed by atoms with Gasteiger partial charge in [0.2, 0.25) is 0 Å². The van der Waals surface area contributed by atoms with Crippen LogP contribution in [0, 0.1) is 0 Å². The summed E-state index contributed by atoms with van der Waals surface area (Å²) in [7, 11) is 0. The lowest BCUT2D eigenvalue weighted by atomic mass is 10.0. The molecule has 118 valence electrons. The van der Waals surface area contributed by atoms with Crippen LogP contribution in [-0.2, 0) is 24.3 Å². The standard InChI is InChI=1S/C17H16N2O4/c20-16(21)15-8-13-6-7-19(10-14(13)9-18-15)17(22)23-11-12-4-2-1-3-5-12/h1-5,8-9H,6-7,10-11H2,(H,20,21). The third kappa shape index (κ3) is 3.48. The Morgan fingerprint density at radius 3 is 2.74 bits per heavy atom. The van der Waals surface area contributed by atoms with Crippen molar-refractivity contribution in [2.45, 2.75) is 19.6 Å². The van der Waals surface area contributed by atoms with E-state index in [2.05, 4.69) is 4.98 Å². The van der Waals surface area contributed by atoms with E-state index in [0.29, 0.717) is 19.5 Å². The Bertz CT molecular complexity index is 731. The summed E-state index contributed by atoms with van der Waals surface area (Å²) in [5.74, 6) is -1.04. The molecule has 1 aliphatic rings. The molecule has 6 nitrogen and oxygen atoms in total. The number of hydrogen-bond acceptors (Lipinski definition) is 4. The highest BCUT2D eigenvalue weighted by Gasteiger charge is 2.23. The molecule has 0 atom stereocenters. The molecule has 0 fully saturated rings. The van der Waals surface area contributed by atoms with E-state index in [4.69, 9.17) is 9.84 Å². The van der Waals surface area contributed by atoms with Gasteiger partial charge < -0.3 is 14.7 Å². The predicted octanol–water partition coefficient (Wildman–Crippen LogP) is 2.47. The van der Waals surface area contributed by atoms with Gasteiger partial charge in [-0.3, -0.25) is 0 Å². The van der Waals surface area contributed by atoms with E-state index in [9.17, 15) is 9.59 Å². The van der Waals surface area contributed by atoms with Gasteiger partial charge in [-0.2, -0.15) is 0 Å². The molecule has 0 aliphatic carbocycles. The number of nitrogens with zero attached hydrogens (tertiary/aromatic N) is 2. The lowest BCUT2D eigenvalue weighted by Crippen LogP contribution is -2.36. The Labute approximate surface area is 133 Å². The molecule has 0 bridgehead atoms. The van der Waals surface area contributed by atoms with E-state index in [0.717, 1.165) is 16.7 Å². The molecule has 1 N–H and O–H groups in total. The van der Waals surface area contributed by atoms with Crippen molar-refractivity contribution < 1.29 is 19.4 Å². The molecule has 0 saturated heterocycles. The van der Waals surface area contributed by atoms with E-state index in [1.165, 1.54) is 6.20 Å². The lowest BCUT2D eigenvalue weighted by molar-refractivity contribution is 0.0689. The van der Waals surface area contributed by atoms with Crippen molar-refractivity contribution in [2.24, 2.45) is 0 Å². The molecule has 2 aromatic rings. The Hall–Kier alpha value is -2.89. The van der Waals surface area contributed by atoms with Gasteiger partial charge in [0.25, 0.3) is 0 Å². The highest BCUT2D eigenvalue weighted by atomic mass is 16.6. The van der Waals surface area contributed by atoms with Crippen LogP contribution in [-0.4, -0.2) is 33.6 Å². The van der Waals surface area contributed by atoms with Crippen LogP contribution in [0.25, 0.3) is 0 Å². The molecule has 6 heteroatoms. The number of amides is 1. The van der Waals surface area contributed by atoms with E-state index in [-0.39, 0.29) is 18.4 Å². The van der Waals surface area contributed by atoms with Crippen molar-refractivity contribution in [1.29, 1.82) is 0 Å². The zero-order valence-electron chi connectivity index (χ0n) is 12.4. The average molecular weight is 312 g/mol. The van der Waals surface area contributed by atoms with Crippen LogP contribution >= 0.6 is 0 Å². The smallest absolute Gasteiger partial charge is 0.410 e. The first-order valence-corrected chi connectivity index (χ1v) is 7.30. The van der Waals surface area contributed by atoms with Gasteiger partial charge in [0.05, 0.1) is 6.54 Å². The largest absolute Gasteiger partial charge is 0.477 e. The fraction of sp³-hybridized carbons (Fsp3) is 0.235. The minimum atomic E-state index is -1.04. The minimum absolute atomic E-state index is 0.0313. The summed E-state index contributed by atoms with van der Waals surface area (Å²) in [5.41, 5.74) is 2.75. The third-order valence-corrected chi connectivity index (χ3v) is 3.78. The Kier molecular flexibility index (Phi) is 4.23. The molecule has 0 unspecified atom stereocenters. The second-order valence-electron chi connectivity index (χ2n) is 5.36. The molecular weight excluding hydrogens is 296 g/mol. The molecule has 3 rings (SSSR count). The number of carboxylic acid groups (broad SMARTS) is 1. The fourth-order valence-corrected chi connectivity index (χ4v) is 2.52. The monoisotopic (exact) mass is 312 g/mol. The minimum Gasteiger partial charge on any atom is -0.477 e. The van der Waals surface area contributed by atoms with Crippen LogP contribution in [0.15, 0.2) is 42.6 Å². The molecule has 23 heavy (non-hydrogen) atoms. The van der Waals surface area contributed by atoms with E-state index >= 15 is 0 Å². The quantitative estimate of drug-likeness (QED) is 0.942. The number of aromatic nitrogens is 1. The summed E-state index contributed by atoms with van der Waals surface area (Å²) in [6.45, 7) is 1.12. The number of carbonyl (C=O) groups excluding carboxylic acids is 1. The Balaban J connectivity index is 1.62. The number of ether oxygens (including phenoxy) is 1. The summed E-state index contributed by atoms with van der Waals surface area (Å²) < 4.78 is 5.32. The van der Waals surface area contributed by atoms with E-state index < -0.39 is 5.97 Å². The number of pyridine rings is 1. The SMILES string of the molecule is O=C(O)c1cc2c(cn1)CN(C(=O)OCc1ccccc1)CC2. The first-order chi connectivity index (χ1) is 11.1. The van der Waals surface area contributed by atoms with E-state index in [1.807, 2.05) is 30.3 Å². The molecule has 1 aromatic carbocycles. The predicted molar refractivity (Wildman–Crippen MR) is 81.9 cm³/mol. The van der Waals surface area contributed by atoms with Gasteiger partial charge >= 0.3 is 12.1 Å². The summed E-state index contributed by atoms with van der Waals surface area (Å²) in [5, 5.41) is 8.96. The number of benzene rings is 1. The highest BCUT2D eigenvalue weighted by molar-refractivity contribution is 5.85. The molecule has 1 amide bonds. The van der Waals surface area contributed by atoms with Gasteiger partial charge in [0.1, 0.15) is 12.3 Å². The third-order valence-electron chi connectivity index (χ3n) is 3.78. The summed E-state index contributed by atoms with van der Waals surface area (Å²) in [6, 6.07) is 11.1. The van der Waals surface area contributed by atoms with Crippen molar-refractivity contribution in [3.8, 4) is 0 Å². The van der Waals surface area contributed by atoms with Crippen molar-refractivity contribution in [2.75, 3.05) is 6.54 Å². The molecule has 1 aliphatic heterocycles. The Morgan fingerprint density at radius 2 is 2.00 bits per heavy atom. The topological polar surface area (TPSA) is 79.7 Å². The molecule has 2 heterocycles. The summed E-state index contributed by atoms with van der Waals surface area (Å²) >= 11 is 0. The number of carbonyl (C=O) groups is 2. The van der Waals surface area contributed by atoms with Crippen LogP contribution in [0.5, 0.6) is 0 Å². The zero-order valence-corrected chi connectivity index (χ0v) is 12.4. The molecule has 0 saturated carbocycles. The normalized spacial score (nSPS) is 13.3. The van der Waals surface area contributed by atoms with Gasteiger partial charge in [-0.15, -0.1) is 0 Å². The van der Waals surface area contributed by atoms with Crippen LogP contribution in [0.4, 0.5) is 4.79 Å². The van der Waals surface area contributed by atoms with Crippen molar-refractivity contribution in [1.82, 2.24) is 9.88 Å². The number of fused-ring (bicyclic) bond motifs is 1. The fourth-order valence-electron chi connectivity index (χ4n) is 2.52. The molecule has 1 aromatic heterocycles. The lowest BCUT2D eigenvalue weighted by Gasteiger charge is -2.28. The van der Waals surface area contributed by atoms with E-state index in [1.54, 1.807) is 11.0 Å². The number of rotatable bonds is 3.